The van der Waals surface area contributed by atoms with E-state index in [1.54, 1.807) is 31.4 Å². The van der Waals surface area contributed by atoms with Gasteiger partial charge in [0.05, 0.1) is 7.11 Å². The second kappa shape index (κ2) is 10.2. The molecule has 1 aromatic carbocycles. The second-order valence-electron chi connectivity index (χ2n) is 3.60. The van der Waals surface area contributed by atoms with Crippen LogP contribution in [-0.4, -0.2) is 13.4 Å². The van der Waals surface area contributed by atoms with Crippen molar-refractivity contribution in [1.82, 2.24) is 0 Å². The minimum absolute atomic E-state index is 0.667. The van der Waals surface area contributed by atoms with Crippen molar-refractivity contribution in [3.63, 3.8) is 0 Å². The summed E-state index contributed by atoms with van der Waals surface area (Å²) < 4.78 is 4.90. The minimum atomic E-state index is 0.667. The molecule has 0 aromatic heterocycles. The number of hydrogen-bond donors (Lipinski definition) is 0. The summed E-state index contributed by atoms with van der Waals surface area (Å²) in [4.78, 5) is 10.2. The molecule has 90 valence electrons. The van der Waals surface area contributed by atoms with Gasteiger partial charge in [0.25, 0.3) is 0 Å². The molecule has 0 saturated carbocycles. The van der Waals surface area contributed by atoms with Crippen LogP contribution in [0.2, 0.25) is 0 Å². The number of methoxy groups -OCH3 is 1. The summed E-state index contributed by atoms with van der Waals surface area (Å²) >= 11 is 0. The lowest BCUT2D eigenvalue weighted by molar-refractivity contribution is 0.112. The van der Waals surface area contributed by atoms with Crippen molar-refractivity contribution in [3.8, 4) is 5.75 Å². The first-order chi connectivity index (χ1) is 7.78. The summed E-state index contributed by atoms with van der Waals surface area (Å²) in [5.74, 6) is 0.769. The van der Waals surface area contributed by atoms with E-state index in [0.717, 1.165) is 12.0 Å². The van der Waals surface area contributed by atoms with Gasteiger partial charge in [0, 0.05) is 5.56 Å². The second-order valence-corrected chi connectivity index (χ2v) is 3.60. The first-order valence-electron chi connectivity index (χ1n) is 5.87. The molecule has 0 radical (unpaired) electrons. The monoisotopic (exact) mass is 222 g/mol. The normalized spacial score (nSPS) is 8.94. The van der Waals surface area contributed by atoms with Crippen LogP contribution in [-0.2, 0) is 0 Å². The Bertz CT molecular complexity index is 261. The van der Waals surface area contributed by atoms with Gasteiger partial charge in [0.15, 0.2) is 0 Å². The predicted octanol–water partition coefficient (Wildman–Crippen LogP) is 4.09. The van der Waals surface area contributed by atoms with Gasteiger partial charge in [-0.05, 0) is 24.3 Å². The van der Waals surface area contributed by atoms with Crippen molar-refractivity contribution in [1.29, 1.82) is 0 Å². The topological polar surface area (TPSA) is 26.3 Å². The quantitative estimate of drug-likeness (QED) is 0.554. The largest absolute Gasteiger partial charge is 0.497 e. The predicted molar refractivity (Wildman–Crippen MR) is 68.2 cm³/mol. The Kier molecular flexibility index (Phi) is 9.38. The Morgan fingerprint density at radius 3 is 1.88 bits per heavy atom. The number of ether oxygens (including phenoxy) is 1. The van der Waals surface area contributed by atoms with Crippen LogP contribution in [0.1, 0.15) is 49.9 Å². The molecular formula is C14H22O2. The van der Waals surface area contributed by atoms with Crippen LogP contribution in [0.4, 0.5) is 0 Å². The van der Waals surface area contributed by atoms with Gasteiger partial charge in [-0.15, -0.1) is 0 Å². The zero-order valence-electron chi connectivity index (χ0n) is 10.5. The highest BCUT2D eigenvalue weighted by Gasteiger charge is 1.89. The molecule has 0 heterocycles. The molecule has 0 aliphatic heterocycles. The van der Waals surface area contributed by atoms with E-state index < -0.39 is 0 Å². The van der Waals surface area contributed by atoms with Gasteiger partial charge in [-0.3, -0.25) is 4.79 Å². The van der Waals surface area contributed by atoms with Crippen LogP contribution >= 0.6 is 0 Å². The number of aldehydes is 1. The summed E-state index contributed by atoms with van der Waals surface area (Å²) in [5.41, 5.74) is 0.667. The van der Waals surface area contributed by atoms with Crippen molar-refractivity contribution >= 4 is 6.29 Å². The zero-order valence-corrected chi connectivity index (χ0v) is 10.5. The van der Waals surface area contributed by atoms with Crippen molar-refractivity contribution in [2.75, 3.05) is 7.11 Å². The maximum Gasteiger partial charge on any atom is 0.150 e. The Labute approximate surface area is 98.6 Å². The summed E-state index contributed by atoms with van der Waals surface area (Å²) in [6, 6.07) is 6.94. The number of benzene rings is 1. The van der Waals surface area contributed by atoms with E-state index in [2.05, 4.69) is 13.8 Å². The highest BCUT2D eigenvalue weighted by Crippen LogP contribution is 2.09. The Morgan fingerprint density at radius 2 is 1.56 bits per heavy atom. The molecule has 1 rings (SSSR count). The fraction of sp³-hybridized carbons (Fsp3) is 0.500. The molecule has 16 heavy (non-hydrogen) atoms. The molecule has 0 N–H and O–H groups in total. The number of carbonyl (C=O) groups is 1. The van der Waals surface area contributed by atoms with E-state index in [9.17, 15) is 4.79 Å². The number of rotatable bonds is 5. The summed E-state index contributed by atoms with van der Waals surface area (Å²) in [6.07, 6.45) is 6.34. The average molecular weight is 222 g/mol. The van der Waals surface area contributed by atoms with E-state index in [0.29, 0.717) is 5.56 Å². The number of hydrogen-bond acceptors (Lipinski definition) is 2. The van der Waals surface area contributed by atoms with Crippen LogP contribution in [0, 0.1) is 0 Å². The van der Waals surface area contributed by atoms with Gasteiger partial charge in [-0.25, -0.2) is 0 Å². The van der Waals surface area contributed by atoms with Crippen LogP contribution in [0.15, 0.2) is 24.3 Å². The molecule has 0 saturated heterocycles. The molecule has 0 fully saturated rings. The molecule has 0 aliphatic carbocycles. The van der Waals surface area contributed by atoms with Gasteiger partial charge in [0.2, 0.25) is 0 Å². The van der Waals surface area contributed by atoms with Gasteiger partial charge in [-0.2, -0.15) is 0 Å². The molecule has 0 amide bonds. The fourth-order valence-corrected chi connectivity index (χ4v) is 1.18. The molecule has 0 atom stereocenters. The first kappa shape index (κ1) is 14.7. The fourth-order valence-electron chi connectivity index (χ4n) is 1.18. The molecule has 0 spiro atoms. The van der Waals surface area contributed by atoms with Gasteiger partial charge < -0.3 is 4.74 Å². The molecular weight excluding hydrogens is 200 g/mol. The summed E-state index contributed by atoms with van der Waals surface area (Å²) in [5, 5.41) is 0. The number of carbonyl (C=O) groups excluding carboxylic acids is 1. The molecule has 0 unspecified atom stereocenters. The first-order valence-corrected chi connectivity index (χ1v) is 5.87. The highest BCUT2D eigenvalue weighted by atomic mass is 16.5. The van der Waals surface area contributed by atoms with Crippen molar-refractivity contribution < 1.29 is 9.53 Å². The zero-order chi connectivity index (χ0) is 12.2. The molecule has 0 aliphatic rings. The van der Waals surface area contributed by atoms with E-state index in [1.165, 1.54) is 25.7 Å². The molecule has 2 nitrogen and oxygen atoms in total. The van der Waals surface area contributed by atoms with E-state index >= 15 is 0 Å². The van der Waals surface area contributed by atoms with E-state index in [4.69, 9.17) is 4.74 Å². The molecule has 0 bridgehead atoms. The van der Waals surface area contributed by atoms with Gasteiger partial charge in [-0.1, -0.05) is 39.5 Å². The highest BCUT2D eigenvalue weighted by molar-refractivity contribution is 5.74. The van der Waals surface area contributed by atoms with Crippen LogP contribution in [0.25, 0.3) is 0 Å². The van der Waals surface area contributed by atoms with Crippen molar-refractivity contribution in [2.45, 2.75) is 39.5 Å². The SMILES string of the molecule is CCCCCC.COc1ccc(C=O)cc1. The third kappa shape index (κ3) is 7.04. The summed E-state index contributed by atoms with van der Waals surface area (Å²) in [7, 11) is 1.59. The van der Waals surface area contributed by atoms with E-state index in [1.807, 2.05) is 0 Å². The van der Waals surface area contributed by atoms with Crippen LogP contribution in [0.3, 0.4) is 0 Å². The van der Waals surface area contributed by atoms with E-state index in [-0.39, 0.29) is 0 Å². The standard InChI is InChI=1S/C8H8O2.C6H14/c1-10-8-4-2-7(6-9)3-5-8;1-3-5-6-4-2/h2-6H,1H3;3-6H2,1-2H3. The smallest absolute Gasteiger partial charge is 0.150 e. The Balaban J connectivity index is 0.000000325. The minimum Gasteiger partial charge on any atom is -0.497 e. The number of unbranched alkanes of at least 4 members (excludes halogenated alkanes) is 3. The maximum atomic E-state index is 10.2. The molecule has 2 heteroatoms. The lowest BCUT2D eigenvalue weighted by atomic mass is 10.2. The lowest BCUT2D eigenvalue weighted by Gasteiger charge is -1.96. The average Bonchev–Trinajstić information content (AvgIpc) is 2.37. The Morgan fingerprint density at radius 1 is 1.06 bits per heavy atom. The Hall–Kier alpha value is -1.31. The van der Waals surface area contributed by atoms with Crippen LogP contribution in [0.5, 0.6) is 5.75 Å². The van der Waals surface area contributed by atoms with Gasteiger partial charge in [0.1, 0.15) is 12.0 Å². The van der Waals surface area contributed by atoms with Crippen LogP contribution < -0.4 is 4.74 Å². The third-order valence-electron chi connectivity index (χ3n) is 2.21. The third-order valence-corrected chi connectivity index (χ3v) is 2.21. The maximum absolute atomic E-state index is 10.2. The van der Waals surface area contributed by atoms with Crippen molar-refractivity contribution in [3.05, 3.63) is 29.8 Å². The van der Waals surface area contributed by atoms with Crippen molar-refractivity contribution in [2.24, 2.45) is 0 Å². The molecule has 1 aromatic rings. The van der Waals surface area contributed by atoms with Gasteiger partial charge >= 0.3 is 0 Å². The lowest BCUT2D eigenvalue weighted by Crippen LogP contribution is -1.82. The summed E-state index contributed by atoms with van der Waals surface area (Å²) in [6.45, 7) is 4.46.